The van der Waals surface area contributed by atoms with Crippen LogP contribution in [-0.2, 0) is 11.3 Å². The van der Waals surface area contributed by atoms with Gasteiger partial charge in [0.25, 0.3) is 5.56 Å². The largest absolute Gasteiger partial charge is 0.372 e. The van der Waals surface area contributed by atoms with Gasteiger partial charge in [-0.15, -0.1) is 0 Å². The Bertz CT molecular complexity index is 1430. The quantitative estimate of drug-likeness (QED) is 0.402. The van der Waals surface area contributed by atoms with Crippen LogP contribution in [0.3, 0.4) is 0 Å². The van der Waals surface area contributed by atoms with E-state index < -0.39 is 5.82 Å². The molecule has 4 heterocycles. The van der Waals surface area contributed by atoms with Gasteiger partial charge in [0.15, 0.2) is 5.65 Å². The smallest absolute Gasteiger partial charge is 0.251 e. The predicted molar refractivity (Wildman–Crippen MR) is 137 cm³/mol. The highest BCUT2D eigenvalue weighted by atomic mass is 35.5. The molecule has 0 radical (unpaired) electrons. The Hall–Kier alpha value is -2.81. The molecule has 0 saturated carbocycles. The van der Waals surface area contributed by atoms with E-state index in [1.807, 2.05) is 18.5 Å². The molecular weight excluding hydrogens is 475 g/mol. The van der Waals surface area contributed by atoms with Gasteiger partial charge in [0.2, 0.25) is 0 Å². The van der Waals surface area contributed by atoms with Gasteiger partial charge in [-0.1, -0.05) is 36.5 Å². The third-order valence-corrected chi connectivity index (χ3v) is 6.67. The van der Waals surface area contributed by atoms with Crippen LogP contribution in [0.4, 0.5) is 10.1 Å². The second-order valence-corrected chi connectivity index (χ2v) is 9.55. The molecule has 2 atom stereocenters. The molecule has 1 aliphatic rings. The van der Waals surface area contributed by atoms with Crippen molar-refractivity contribution in [1.82, 2.24) is 13.5 Å². The first-order valence-electron chi connectivity index (χ1n) is 11.0. The zero-order valence-corrected chi connectivity index (χ0v) is 20.4. The summed E-state index contributed by atoms with van der Waals surface area (Å²) in [6.07, 6.45) is 5.63. The minimum absolute atomic E-state index is 0.0381. The van der Waals surface area contributed by atoms with Gasteiger partial charge in [0.1, 0.15) is 5.82 Å². The number of pyridine rings is 2. The van der Waals surface area contributed by atoms with Gasteiger partial charge in [-0.25, -0.2) is 9.37 Å². The van der Waals surface area contributed by atoms with Gasteiger partial charge in [-0.3, -0.25) is 8.77 Å². The fourth-order valence-electron chi connectivity index (χ4n) is 4.53. The number of fused-ring (bicyclic) bond motifs is 1. The molecule has 1 aromatic carbocycles. The fraction of sp³-hybridized carbons (Fsp3) is 0.280. The average molecular weight is 499 g/mol. The van der Waals surface area contributed by atoms with Crippen LogP contribution in [0, 0.1) is 5.82 Å². The third kappa shape index (κ3) is 4.33. The van der Waals surface area contributed by atoms with Crippen LogP contribution in [0.15, 0.2) is 59.8 Å². The van der Waals surface area contributed by atoms with Crippen LogP contribution in [0.5, 0.6) is 0 Å². The summed E-state index contributed by atoms with van der Waals surface area (Å²) < 4.78 is 23.3. The van der Waals surface area contributed by atoms with Crippen molar-refractivity contribution in [2.24, 2.45) is 0 Å². The Balaban J connectivity index is 1.50. The van der Waals surface area contributed by atoms with E-state index in [4.69, 9.17) is 16.3 Å². The lowest BCUT2D eigenvalue weighted by atomic mass is 10.1. The second kappa shape index (κ2) is 9.09. The Morgan fingerprint density at radius 3 is 2.71 bits per heavy atom. The standard InChI is InChI=1S/C25H24ClFN4O2S/c1-15-11-30(12-16(2)33-15)19-9-20-21(14-31(34)25(20)28-10-19)17-6-7-29(23(32)8-17)13-18-4-3-5-22(26)24(18)27/h3-10,14-16,34H,11-13H2,1-2H3. The first-order chi connectivity index (χ1) is 16.3. The molecule has 1 aliphatic heterocycles. The zero-order chi connectivity index (χ0) is 24.0. The van der Waals surface area contributed by atoms with Crippen molar-refractivity contribution in [2.75, 3.05) is 18.0 Å². The average Bonchev–Trinajstić information content (AvgIpc) is 3.13. The Morgan fingerprint density at radius 1 is 1.21 bits per heavy atom. The van der Waals surface area contributed by atoms with Gasteiger partial charge >= 0.3 is 0 Å². The first-order valence-corrected chi connectivity index (χ1v) is 11.8. The lowest BCUT2D eigenvalue weighted by Crippen LogP contribution is -2.45. The van der Waals surface area contributed by atoms with E-state index in [1.54, 1.807) is 28.4 Å². The molecule has 0 amide bonds. The number of rotatable bonds is 4. The normalized spacial score (nSPS) is 18.6. The maximum absolute atomic E-state index is 14.3. The van der Waals surface area contributed by atoms with E-state index in [0.717, 1.165) is 35.3 Å². The molecule has 5 rings (SSSR count). The number of hydrogen-bond acceptors (Lipinski definition) is 5. The van der Waals surface area contributed by atoms with Crippen molar-refractivity contribution in [1.29, 1.82) is 0 Å². The van der Waals surface area contributed by atoms with Gasteiger partial charge in [0.05, 0.1) is 35.7 Å². The number of anilines is 1. The maximum Gasteiger partial charge on any atom is 0.251 e. The molecular formula is C25H24ClFN4O2S. The van der Waals surface area contributed by atoms with Crippen LogP contribution < -0.4 is 10.5 Å². The number of ether oxygens (including phenoxy) is 1. The summed E-state index contributed by atoms with van der Waals surface area (Å²) in [7, 11) is 0. The molecule has 0 spiro atoms. The van der Waals surface area contributed by atoms with Gasteiger partial charge in [0, 0.05) is 48.1 Å². The number of benzene rings is 1. The number of aromatic nitrogens is 3. The summed E-state index contributed by atoms with van der Waals surface area (Å²) in [6.45, 7) is 5.79. The molecule has 0 bridgehead atoms. The van der Waals surface area contributed by atoms with Gasteiger partial charge < -0.3 is 14.2 Å². The number of halogens is 2. The number of hydrogen-bond donors (Lipinski definition) is 1. The molecule has 6 nitrogen and oxygen atoms in total. The van der Waals surface area contributed by atoms with Crippen LogP contribution in [0.2, 0.25) is 5.02 Å². The minimum Gasteiger partial charge on any atom is -0.372 e. The van der Waals surface area contributed by atoms with E-state index in [1.165, 1.54) is 10.6 Å². The summed E-state index contributed by atoms with van der Waals surface area (Å²) in [4.78, 5) is 19.8. The molecule has 1 fully saturated rings. The number of nitrogens with zero attached hydrogens (tertiary/aromatic N) is 4. The Morgan fingerprint density at radius 2 is 1.97 bits per heavy atom. The SMILES string of the molecule is CC1CN(c2cnc3c(c2)c(-c2ccn(Cc4cccc(Cl)c4F)c(=O)c2)cn3S)CC(C)O1. The lowest BCUT2D eigenvalue weighted by Gasteiger charge is -2.36. The van der Waals surface area contributed by atoms with E-state index in [0.29, 0.717) is 11.2 Å². The van der Waals surface area contributed by atoms with E-state index >= 15 is 0 Å². The minimum atomic E-state index is -0.511. The predicted octanol–water partition coefficient (Wildman–Crippen LogP) is 5.01. The molecule has 1 saturated heterocycles. The van der Waals surface area contributed by atoms with Crippen LogP contribution >= 0.6 is 24.4 Å². The van der Waals surface area contributed by atoms with Crippen LogP contribution in [0.25, 0.3) is 22.2 Å². The number of morpholine rings is 1. The number of thiol groups is 1. The molecule has 0 N–H and O–H groups in total. The monoisotopic (exact) mass is 498 g/mol. The maximum atomic E-state index is 14.3. The van der Waals surface area contributed by atoms with E-state index in [9.17, 15) is 9.18 Å². The molecule has 4 aromatic rings. The molecule has 34 heavy (non-hydrogen) atoms. The van der Waals surface area contributed by atoms with Crippen LogP contribution in [-0.4, -0.2) is 38.8 Å². The van der Waals surface area contributed by atoms with Crippen LogP contribution in [0.1, 0.15) is 19.4 Å². The zero-order valence-electron chi connectivity index (χ0n) is 18.8. The lowest BCUT2D eigenvalue weighted by molar-refractivity contribution is -0.00522. The Kier molecular flexibility index (Phi) is 6.14. The fourth-order valence-corrected chi connectivity index (χ4v) is 5.00. The van der Waals surface area contributed by atoms with E-state index in [2.05, 4.69) is 42.6 Å². The molecule has 3 aromatic heterocycles. The first kappa shape index (κ1) is 23.0. The molecule has 0 aliphatic carbocycles. The van der Waals surface area contributed by atoms with Gasteiger partial charge in [-0.2, -0.15) is 0 Å². The topological polar surface area (TPSA) is 52.3 Å². The van der Waals surface area contributed by atoms with Crippen molar-refractivity contribution in [2.45, 2.75) is 32.6 Å². The van der Waals surface area contributed by atoms with Crippen molar-refractivity contribution >= 4 is 41.1 Å². The summed E-state index contributed by atoms with van der Waals surface area (Å²) >= 11 is 10.4. The van der Waals surface area contributed by atoms with E-state index in [-0.39, 0.29) is 29.3 Å². The molecule has 176 valence electrons. The molecule has 9 heteroatoms. The summed E-state index contributed by atoms with van der Waals surface area (Å²) in [5.74, 6) is -0.511. The highest BCUT2D eigenvalue weighted by Crippen LogP contribution is 2.33. The Labute approximate surface area is 207 Å². The molecule has 2 unspecified atom stereocenters. The van der Waals surface area contributed by atoms with Gasteiger partial charge in [-0.05, 0) is 37.6 Å². The van der Waals surface area contributed by atoms with Crippen molar-refractivity contribution in [3.05, 3.63) is 81.7 Å². The summed E-state index contributed by atoms with van der Waals surface area (Å²) in [6, 6.07) is 10.3. The van der Waals surface area contributed by atoms with Crippen molar-refractivity contribution in [3.63, 3.8) is 0 Å². The third-order valence-electron chi connectivity index (χ3n) is 6.07. The summed E-state index contributed by atoms with van der Waals surface area (Å²) in [5, 5.41) is 0.938. The second-order valence-electron chi connectivity index (χ2n) is 8.71. The highest BCUT2D eigenvalue weighted by molar-refractivity contribution is 7.78. The highest BCUT2D eigenvalue weighted by Gasteiger charge is 2.23. The van der Waals surface area contributed by atoms with Crippen molar-refractivity contribution in [3.8, 4) is 11.1 Å². The van der Waals surface area contributed by atoms with Crippen molar-refractivity contribution < 1.29 is 9.13 Å². The summed E-state index contributed by atoms with van der Waals surface area (Å²) in [5.41, 5.74) is 3.43.